The van der Waals surface area contributed by atoms with E-state index in [1.165, 1.54) is 17.0 Å². The molecule has 0 unspecified atom stereocenters. The Labute approximate surface area is 175 Å². The molecular weight excluding hydrogens is 383 g/mol. The predicted octanol–water partition coefficient (Wildman–Crippen LogP) is 3.72. The van der Waals surface area contributed by atoms with Crippen LogP contribution in [0.3, 0.4) is 0 Å². The Morgan fingerprint density at radius 1 is 0.933 bits per heavy atom. The first-order valence-corrected chi connectivity index (χ1v) is 10.4. The molecule has 2 aromatic rings. The van der Waals surface area contributed by atoms with Crippen molar-refractivity contribution in [1.29, 1.82) is 0 Å². The van der Waals surface area contributed by atoms with E-state index in [0.29, 0.717) is 12.1 Å². The third kappa shape index (κ3) is 4.13. The molecule has 5 nitrogen and oxygen atoms in total. The smallest absolute Gasteiger partial charge is 0.251 e. The fraction of sp³-hybridized carbons (Fsp3) is 0.375. The maximum atomic E-state index is 13.3. The number of hydrogen-bond acceptors (Lipinski definition) is 3. The number of imide groups is 1. The molecule has 2 aliphatic rings. The summed E-state index contributed by atoms with van der Waals surface area (Å²) in [6.07, 6.45) is 4.67. The third-order valence-corrected chi connectivity index (χ3v) is 6.32. The van der Waals surface area contributed by atoms with Crippen molar-refractivity contribution in [2.24, 2.45) is 0 Å². The van der Waals surface area contributed by atoms with Crippen LogP contribution in [0.15, 0.2) is 48.5 Å². The van der Waals surface area contributed by atoms with Gasteiger partial charge in [-0.3, -0.25) is 19.3 Å². The molecule has 0 spiro atoms. The maximum absolute atomic E-state index is 13.3. The predicted molar refractivity (Wildman–Crippen MR) is 110 cm³/mol. The van der Waals surface area contributed by atoms with Crippen LogP contribution < -0.4 is 5.32 Å². The van der Waals surface area contributed by atoms with Gasteiger partial charge >= 0.3 is 0 Å². The molecule has 0 aromatic heterocycles. The molecule has 0 bridgehead atoms. The molecule has 2 aromatic carbocycles. The Morgan fingerprint density at radius 3 is 2.13 bits per heavy atom. The van der Waals surface area contributed by atoms with Gasteiger partial charge in [0, 0.05) is 30.4 Å². The van der Waals surface area contributed by atoms with Gasteiger partial charge in [-0.1, -0.05) is 37.1 Å². The lowest BCUT2D eigenvalue weighted by molar-refractivity contribution is -0.139. The minimum Gasteiger partial charge on any atom is -0.351 e. The average molecular weight is 408 g/mol. The van der Waals surface area contributed by atoms with Crippen molar-refractivity contribution >= 4 is 17.7 Å². The zero-order chi connectivity index (χ0) is 21.1. The first kappa shape index (κ1) is 20.3. The summed E-state index contributed by atoms with van der Waals surface area (Å²) in [5.74, 6) is -0.717. The summed E-state index contributed by atoms with van der Waals surface area (Å²) in [6.45, 7) is 0.753. The summed E-state index contributed by atoms with van der Waals surface area (Å²) >= 11 is 0. The fourth-order valence-corrected chi connectivity index (χ4v) is 4.52. The normalized spacial score (nSPS) is 18.1. The Balaban J connectivity index is 1.40. The molecule has 6 heteroatoms. The Kier molecular flexibility index (Phi) is 5.66. The Morgan fingerprint density at radius 2 is 1.53 bits per heavy atom. The van der Waals surface area contributed by atoms with Gasteiger partial charge in [-0.25, -0.2) is 4.39 Å². The molecule has 0 radical (unpaired) electrons. The van der Waals surface area contributed by atoms with Crippen LogP contribution in [-0.2, 0) is 21.5 Å². The van der Waals surface area contributed by atoms with Crippen LogP contribution in [0.1, 0.15) is 60.0 Å². The molecule has 1 heterocycles. The second-order valence-corrected chi connectivity index (χ2v) is 8.25. The summed E-state index contributed by atoms with van der Waals surface area (Å²) < 4.78 is 13.3. The van der Waals surface area contributed by atoms with E-state index in [0.717, 1.165) is 36.8 Å². The molecule has 3 amide bonds. The highest BCUT2D eigenvalue weighted by Gasteiger charge is 2.36. The lowest BCUT2D eigenvalue weighted by Gasteiger charge is -2.30. The molecule has 2 fully saturated rings. The van der Waals surface area contributed by atoms with Gasteiger partial charge in [-0.2, -0.15) is 0 Å². The molecule has 1 aliphatic heterocycles. The van der Waals surface area contributed by atoms with Gasteiger partial charge in [0.25, 0.3) is 5.91 Å². The molecule has 1 N–H and O–H groups in total. The number of nitrogens with zero attached hydrogens (tertiary/aromatic N) is 1. The van der Waals surface area contributed by atoms with E-state index in [1.54, 1.807) is 24.3 Å². The lowest BCUT2D eigenvalue weighted by atomic mass is 9.78. The minimum atomic E-state index is -0.256. The van der Waals surface area contributed by atoms with Gasteiger partial charge in [0.15, 0.2) is 0 Å². The number of carbonyl (C=O) groups excluding carboxylic acids is 3. The first-order valence-electron chi connectivity index (χ1n) is 10.4. The quantitative estimate of drug-likeness (QED) is 0.741. The zero-order valence-corrected chi connectivity index (χ0v) is 16.8. The van der Waals surface area contributed by atoms with E-state index in [-0.39, 0.29) is 48.3 Å². The topological polar surface area (TPSA) is 66.5 Å². The van der Waals surface area contributed by atoms with Crippen LogP contribution in [-0.4, -0.2) is 29.2 Å². The second kappa shape index (κ2) is 8.38. The number of amides is 3. The van der Waals surface area contributed by atoms with Crippen molar-refractivity contribution in [3.05, 3.63) is 71.0 Å². The molecule has 0 atom stereocenters. The van der Waals surface area contributed by atoms with Crippen LogP contribution in [0.25, 0.3) is 0 Å². The Hall–Kier alpha value is -3.02. The summed E-state index contributed by atoms with van der Waals surface area (Å²) in [6, 6.07) is 13.6. The van der Waals surface area contributed by atoms with E-state index < -0.39 is 0 Å². The molecule has 156 valence electrons. The molecular formula is C24H25FN2O3. The monoisotopic (exact) mass is 408 g/mol. The highest BCUT2D eigenvalue weighted by atomic mass is 19.1. The van der Waals surface area contributed by atoms with E-state index >= 15 is 0 Å². The SMILES string of the molecule is O=C(NCC1(c2ccc(F)cc2)CCCC1)c1ccc(CN2C(=O)CCC2=O)cc1. The summed E-state index contributed by atoms with van der Waals surface area (Å²) in [7, 11) is 0. The number of nitrogens with one attached hydrogen (secondary N) is 1. The zero-order valence-electron chi connectivity index (χ0n) is 16.8. The molecule has 1 aliphatic carbocycles. The van der Waals surface area contributed by atoms with Gasteiger partial charge in [-0.15, -0.1) is 0 Å². The van der Waals surface area contributed by atoms with Crippen LogP contribution >= 0.6 is 0 Å². The number of likely N-dealkylation sites (tertiary alicyclic amines) is 1. The van der Waals surface area contributed by atoms with Gasteiger partial charge in [0.05, 0.1) is 6.54 Å². The van der Waals surface area contributed by atoms with E-state index in [4.69, 9.17) is 0 Å². The lowest BCUT2D eigenvalue weighted by Crippen LogP contribution is -2.39. The van der Waals surface area contributed by atoms with Crippen molar-refractivity contribution in [2.75, 3.05) is 6.54 Å². The van der Waals surface area contributed by atoms with Crippen molar-refractivity contribution in [2.45, 2.75) is 50.5 Å². The van der Waals surface area contributed by atoms with E-state index in [1.807, 2.05) is 12.1 Å². The number of halogens is 1. The highest BCUT2D eigenvalue weighted by Crippen LogP contribution is 2.40. The van der Waals surface area contributed by atoms with Crippen LogP contribution in [0.4, 0.5) is 4.39 Å². The van der Waals surface area contributed by atoms with Gasteiger partial charge in [0.1, 0.15) is 5.82 Å². The third-order valence-electron chi connectivity index (χ3n) is 6.32. The summed E-state index contributed by atoms with van der Waals surface area (Å²) in [5, 5.41) is 3.05. The van der Waals surface area contributed by atoms with E-state index in [2.05, 4.69) is 5.32 Å². The van der Waals surface area contributed by atoms with Crippen LogP contribution in [0.5, 0.6) is 0 Å². The number of benzene rings is 2. The van der Waals surface area contributed by atoms with Crippen LogP contribution in [0, 0.1) is 5.82 Å². The van der Waals surface area contributed by atoms with Gasteiger partial charge in [0.2, 0.25) is 11.8 Å². The summed E-state index contributed by atoms with van der Waals surface area (Å²) in [5.41, 5.74) is 2.26. The molecule has 30 heavy (non-hydrogen) atoms. The summed E-state index contributed by atoms with van der Waals surface area (Å²) in [4.78, 5) is 37.5. The van der Waals surface area contributed by atoms with E-state index in [9.17, 15) is 18.8 Å². The highest BCUT2D eigenvalue weighted by molar-refractivity contribution is 6.01. The van der Waals surface area contributed by atoms with Crippen molar-refractivity contribution in [1.82, 2.24) is 10.2 Å². The van der Waals surface area contributed by atoms with Crippen molar-refractivity contribution in [3.63, 3.8) is 0 Å². The number of rotatable bonds is 6. The standard InChI is InChI=1S/C24H25FN2O3/c25-20-9-7-19(8-10-20)24(13-1-2-14-24)16-26-23(30)18-5-3-17(4-6-18)15-27-21(28)11-12-22(27)29/h3-10H,1-2,11-16H2,(H,26,30). The number of hydrogen-bond donors (Lipinski definition) is 1. The van der Waals surface area contributed by atoms with Crippen LogP contribution in [0.2, 0.25) is 0 Å². The Bertz CT molecular complexity index is 931. The minimum absolute atomic E-state index is 0.149. The fourth-order valence-electron chi connectivity index (χ4n) is 4.52. The largest absolute Gasteiger partial charge is 0.351 e. The van der Waals surface area contributed by atoms with Gasteiger partial charge in [-0.05, 0) is 48.2 Å². The molecule has 4 rings (SSSR count). The molecule has 1 saturated carbocycles. The average Bonchev–Trinajstić information content (AvgIpc) is 3.36. The van der Waals surface area contributed by atoms with Gasteiger partial charge < -0.3 is 5.32 Å². The number of carbonyl (C=O) groups is 3. The molecule has 1 saturated heterocycles. The first-order chi connectivity index (χ1) is 14.5. The maximum Gasteiger partial charge on any atom is 0.251 e. The second-order valence-electron chi connectivity index (χ2n) is 8.25. The van der Waals surface area contributed by atoms with Crippen molar-refractivity contribution in [3.8, 4) is 0 Å². The van der Waals surface area contributed by atoms with Crippen molar-refractivity contribution < 1.29 is 18.8 Å².